The van der Waals surface area contributed by atoms with Crippen LogP contribution in [0.15, 0.2) is 30.5 Å². The lowest BCUT2D eigenvalue weighted by molar-refractivity contribution is 0.238. The number of rotatable bonds is 7. The minimum absolute atomic E-state index is 1.15. The summed E-state index contributed by atoms with van der Waals surface area (Å²) in [6.45, 7) is 9.36. The van der Waals surface area contributed by atoms with E-state index in [1.54, 1.807) is 0 Å². The second-order valence-electron chi connectivity index (χ2n) is 6.41. The van der Waals surface area contributed by atoms with Gasteiger partial charge in [0.05, 0.1) is 0 Å². The van der Waals surface area contributed by atoms with Crippen molar-refractivity contribution >= 4 is 10.9 Å². The summed E-state index contributed by atoms with van der Waals surface area (Å²) < 4.78 is 2.46. The van der Waals surface area contributed by atoms with Crippen LogP contribution in [-0.2, 0) is 13.0 Å². The lowest BCUT2D eigenvalue weighted by atomic mass is 10.1. The molecule has 1 fully saturated rings. The topological polar surface area (TPSA) is 20.2 Å². The Morgan fingerprint density at radius 3 is 2.68 bits per heavy atom. The number of aryl methyl sites for hydroxylation is 2. The van der Waals surface area contributed by atoms with Crippen LogP contribution in [0.3, 0.4) is 0 Å². The quantitative estimate of drug-likeness (QED) is 0.846. The fourth-order valence-electron chi connectivity index (χ4n) is 3.46. The minimum Gasteiger partial charge on any atom is -0.347 e. The molecule has 2 aromatic rings. The van der Waals surface area contributed by atoms with E-state index in [4.69, 9.17) is 0 Å². The average Bonchev–Trinajstić information content (AvgIpc) is 2.92. The van der Waals surface area contributed by atoms with Gasteiger partial charge in [-0.3, -0.25) is 0 Å². The summed E-state index contributed by atoms with van der Waals surface area (Å²) in [6, 6.07) is 8.89. The van der Waals surface area contributed by atoms with Crippen molar-refractivity contribution < 1.29 is 0 Å². The molecule has 0 saturated carbocycles. The summed E-state index contributed by atoms with van der Waals surface area (Å²) in [6.07, 6.45) is 7.38. The van der Waals surface area contributed by atoms with Gasteiger partial charge in [-0.1, -0.05) is 31.5 Å². The van der Waals surface area contributed by atoms with Gasteiger partial charge < -0.3 is 14.8 Å². The summed E-state index contributed by atoms with van der Waals surface area (Å²) in [7, 11) is 0. The highest BCUT2D eigenvalue weighted by molar-refractivity contribution is 5.83. The first-order valence-corrected chi connectivity index (χ1v) is 8.88. The molecule has 3 rings (SSSR count). The van der Waals surface area contributed by atoms with Gasteiger partial charge in [-0.15, -0.1) is 0 Å². The maximum absolute atomic E-state index is 3.42. The van der Waals surface area contributed by atoms with Gasteiger partial charge >= 0.3 is 0 Å². The van der Waals surface area contributed by atoms with Crippen molar-refractivity contribution in [1.82, 2.24) is 14.8 Å². The van der Waals surface area contributed by atoms with Crippen LogP contribution < -0.4 is 5.32 Å². The number of hydrogen-bond donors (Lipinski definition) is 1. The Bertz CT molecular complexity index is 581. The third-order valence-electron chi connectivity index (χ3n) is 4.75. The monoisotopic (exact) mass is 299 g/mol. The largest absolute Gasteiger partial charge is 0.347 e. The first kappa shape index (κ1) is 15.6. The fourth-order valence-corrected chi connectivity index (χ4v) is 3.46. The zero-order chi connectivity index (χ0) is 15.2. The molecule has 1 aliphatic heterocycles. The van der Waals surface area contributed by atoms with Gasteiger partial charge in [0, 0.05) is 49.8 Å². The van der Waals surface area contributed by atoms with E-state index in [9.17, 15) is 0 Å². The molecule has 0 radical (unpaired) electrons. The summed E-state index contributed by atoms with van der Waals surface area (Å²) in [5.41, 5.74) is 2.94. The van der Waals surface area contributed by atoms with Gasteiger partial charge in [-0.2, -0.15) is 0 Å². The summed E-state index contributed by atoms with van der Waals surface area (Å²) >= 11 is 0. The van der Waals surface area contributed by atoms with Gasteiger partial charge in [-0.05, 0) is 37.4 Å². The minimum atomic E-state index is 1.15. The standard InChI is InChI=1S/C19H29N3/c1-2-3-13-22-16-17(18-8-4-5-9-19(18)22)7-6-12-21-14-10-20-11-15-21/h4-5,8-9,16,20H,2-3,6-7,10-15H2,1H3. The molecule has 1 saturated heterocycles. The second-order valence-corrected chi connectivity index (χ2v) is 6.41. The maximum atomic E-state index is 3.42. The van der Waals surface area contributed by atoms with Crippen LogP contribution in [0.2, 0.25) is 0 Å². The maximum Gasteiger partial charge on any atom is 0.0483 e. The normalized spacial score (nSPS) is 16.4. The number of nitrogens with zero attached hydrogens (tertiary/aromatic N) is 2. The first-order valence-electron chi connectivity index (χ1n) is 8.88. The second kappa shape index (κ2) is 7.80. The molecule has 0 atom stereocenters. The third kappa shape index (κ3) is 3.71. The summed E-state index contributed by atoms with van der Waals surface area (Å²) in [4.78, 5) is 2.59. The molecule has 1 N–H and O–H groups in total. The van der Waals surface area contributed by atoms with Crippen LogP contribution in [0, 0.1) is 0 Å². The Morgan fingerprint density at radius 1 is 1.05 bits per heavy atom. The van der Waals surface area contributed by atoms with E-state index in [2.05, 4.69) is 52.2 Å². The fraction of sp³-hybridized carbons (Fsp3) is 0.579. The van der Waals surface area contributed by atoms with Crippen molar-refractivity contribution in [3.63, 3.8) is 0 Å². The van der Waals surface area contributed by atoms with Crippen molar-refractivity contribution in [3.05, 3.63) is 36.0 Å². The van der Waals surface area contributed by atoms with Crippen molar-refractivity contribution in [3.8, 4) is 0 Å². The van der Waals surface area contributed by atoms with Gasteiger partial charge in [0.25, 0.3) is 0 Å². The number of piperazine rings is 1. The Labute approximate surface area is 134 Å². The summed E-state index contributed by atoms with van der Waals surface area (Å²) in [5, 5.41) is 4.88. The molecule has 0 unspecified atom stereocenters. The van der Waals surface area contributed by atoms with Gasteiger partial charge in [0.15, 0.2) is 0 Å². The molecule has 1 aromatic heterocycles. The van der Waals surface area contributed by atoms with E-state index in [0.29, 0.717) is 0 Å². The Balaban J connectivity index is 1.64. The van der Waals surface area contributed by atoms with Gasteiger partial charge in [0.2, 0.25) is 0 Å². The number of para-hydroxylation sites is 1. The first-order chi connectivity index (χ1) is 10.9. The highest BCUT2D eigenvalue weighted by atomic mass is 15.2. The molecular weight excluding hydrogens is 270 g/mol. The van der Waals surface area contributed by atoms with Crippen molar-refractivity contribution in [2.45, 2.75) is 39.2 Å². The van der Waals surface area contributed by atoms with Gasteiger partial charge in [-0.25, -0.2) is 0 Å². The molecule has 1 aromatic carbocycles. The zero-order valence-electron chi connectivity index (χ0n) is 13.9. The molecule has 0 spiro atoms. The third-order valence-corrected chi connectivity index (χ3v) is 4.75. The van der Waals surface area contributed by atoms with E-state index in [1.807, 2.05) is 0 Å². The molecule has 0 amide bonds. The average molecular weight is 299 g/mol. The van der Waals surface area contributed by atoms with Crippen LogP contribution in [-0.4, -0.2) is 42.2 Å². The highest BCUT2D eigenvalue weighted by Crippen LogP contribution is 2.23. The molecule has 3 heteroatoms. The highest BCUT2D eigenvalue weighted by Gasteiger charge is 2.11. The number of fused-ring (bicyclic) bond motifs is 1. The Morgan fingerprint density at radius 2 is 1.86 bits per heavy atom. The Kier molecular flexibility index (Phi) is 5.52. The zero-order valence-corrected chi connectivity index (χ0v) is 13.9. The molecule has 0 bridgehead atoms. The van der Waals surface area contributed by atoms with E-state index in [1.165, 1.54) is 61.8 Å². The van der Waals surface area contributed by atoms with Crippen molar-refractivity contribution in [1.29, 1.82) is 0 Å². The van der Waals surface area contributed by atoms with Crippen molar-refractivity contribution in [2.24, 2.45) is 0 Å². The van der Waals surface area contributed by atoms with E-state index in [0.717, 1.165) is 19.6 Å². The van der Waals surface area contributed by atoms with E-state index < -0.39 is 0 Å². The van der Waals surface area contributed by atoms with Crippen molar-refractivity contribution in [2.75, 3.05) is 32.7 Å². The smallest absolute Gasteiger partial charge is 0.0483 e. The number of hydrogen-bond acceptors (Lipinski definition) is 2. The predicted molar refractivity (Wildman–Crippen MR) is 94.5 cm³/mol. The lowest BCUT2D eigenvalue weighted by Crippen LogP contribution is -2.43. The molecule has 1 aliphatic rings. The molecular formula is C19H29N3. The van der Waals surface area contributed by atoms with Crippen LogP contribution in [0.25, 0.3) is 10.9 Å². The van der Waals surface area contributed by atoms with Crippen LogP contribution in [0.5, 0.6) is 0 Å². The van der Waals surface area contributed by atoms with Crippen LogP contribution >= 0.6 is 0 Å². The predicted octanol–water partition coefficient (Wildman–Crippen LogP) is 3.28. The van der Waals surface area contributed by atoms with E-state index in [-0.39, 0.29) is 0 Å². The lowest BCUT2D eigenvalue weighted by Gasteiger charge is -2.26. The molecule has 0 aliphatic carbocycles. The van der Waals surface area contributed by atoms with E-state index >= 15 is 0 Å². The molecule has 22 heavy (non-hydrogen) atoms. The summed E-state index contributed by atoms with van der Waals surface area (Å²) in [5.74, 6) is 0. The van der Waals surface area contributed by atoms with Crippen LogP contribution in [0.1, 0.15) is 31.7 Å². The Hall–Kier alpha value is -1.32. The number of unbranched alkanes of at least 4 members (excludes halogenated alkanes) is 1. The number of aromatic nitrogens is 1. The SMILES string of the molecule is CCCCn1cc(CCCN2CCNCC2)c2ccccc21. The molecule has 3 nitrogen and oxygen atoms in total. The molecule has 2 heterocycles. The number of benzene rings is 1. The molecule has 120 valence electrons. The van der Waals surface area contributed by atoms with Gasteiger partial charge in [0.1, 0.15) is 0 Å². The number of nitrogens with one attached hydrogen (secondary N) is 1. The van der Waals surface area contributed by atoms with Crippen LogP contribution in [0.4, 0.5) is 0 Å².